The maximum atomic E-state index is 14.7. The lowest BCUT2D eigenvalue weighted by molar-refractivity contribution is -0.131. The molecule has 0 aromatic heterocycles. The number of nitrogens with two attached hydrogens (primary N) is 1. The van der Waals surface area contributed by atoms with Gasteiger partial charge in [0.2, 0.25) is 0 Å². The number of hydrogen-bond acceptors (Lipinski definition) is 4. The number of ether oxygens (including phenoxy) is 2. The lowest BCUT2D eigenvalue weighted by Crippen LogP contribution is -2.30. The van der Waals surface area contributed by atoms with Crippen molar-refractivity contribution in [2.75, 3.05) is 7.11 Å². The lowest BCUT2D eigenvalue weighted by atomic mass is 10.1. The molecule has 0 bridgehead atoms. The first-order valence-electron chi connectivity index (χ1n) is 9.24. The van der Waals surface area contributed by atoms with Crippen LogP contribution in [0.5, 0.6) is 11.5 Å². The molecule has 0 radical (unpaired) electrons. The summed E-state index contributed by atoms with van der Waals surface area (Å²) in [6, 6.07) is 20.2. The summed E-state index contributed by atoms with van der Waals surface area (Å²) >= 11 is 0. The van der Waals surface area contributed by atoms with Crippen molar-refractivity contribution in [2.45, 2.75) is 12.6 Å². The highest BCUT2D eigenvalue weighted by atomic mass is 19.1. The number of carbonyl (C=O) groups is 1. The molecule has 0 heterocycles. The van der Waals surface area contributed by atoms with Crippen LogP contribution in [0.3, 0.4) is 0 Å². The molecule has 3 aromatic rings. The summed E-state index contributed by atoms with van der Waals surface area (Å²) in [6.45, 7) is 0.209. The third-order valence-electron chi connectivity index (χ3n) is 4.45. The maximum absolute atomic E-state index is 14.7. The number of benzene rings is 3. The number of rotatable bonds is 8. The number of nitrogen functional groups attached to an aromatic ring is 1. The number of halogens is 1. The van der Waals surface area contributed by atoms with E-state index in [1.54, 1.807) is 54.6 Å². The summed E-state index contributed by atoms with van der Waals surface area (Å²) in [5.74, 6) is -0.415. The van der Waals surface area contributed by atoms with Gasteiger partial charge in [-0.2, -0.15) is 0 Å². The normalized spacial score (nSPS) is 11.5. The molecule has 1 amide bonds. The van der Waals surface area contributed by atoms with Crippen LogP contribution in [0, 0.1) is 11.2 Å². The van der Waals surface area contributed by atoms with Gasteiger partial charge >= 0.3 is 0 Å². The standard InChI is InChI=1S/C23H22FN3O3/c1-29-21(23(28)27-14-15-10-12-16(13-11-15)22(25)26)20-18(24)8-5-9-19(20)30-17-6-3-2-4-7-17/h2-13,21H,14H2,1H3,(H3,25,26)(H,27,28). The predicted octanol–water partition coefficient (Wildman–Crippen LogP) is 3.91. The second kappa shape index (κ2) is 9.67. The van der Waals surface area contributed by atoms with Gasteiger partial charge in [0, 0.05) is 19.2 Å². The fraction of sp³-hybridized carbons (Fsp3) is 0.130. The average Bonchev–Trinajstić information content (AvgIpc) is 2.75. The first-order chi connectivity index (χ1) is 14.5. The van der Waals surface area contributed by atoms with Gasteiger partial charge in [-0.05, 0) is 29.8 Å². The zero-order valence-corrected chi connectivity index (χ0v) is 16.4. The van der Waals surface area contributed by atoms with Crippen LogP contribution in [0.25, 0.3) is 0 Å². The van der Waals surface area contributed by atoms with Crippen LogP contribution in [0.2, 0.25) is 0 Å². The van der Waals surface area contributed by atoms with Gasteiger partial charge in [0.05, 0.1) is 5.56 Å². The SMILES string of the molecule is COC(C(=O)NCc1ccc(C(=N)N)cc1)c1c(F)cccc1Oc1ccccc1. The Balaban J connectivity index is 1.77. The quantitative estimate of drug-likeness (QED) is 0.390. The molecule has 4 N–H and O–H groups in total. The number of methoxy groups -OCH3 is 1. The summed E-state index contributed by atoms with van der Waals surface area (Å²) in [5.41, 5.74) is 6.86. The van der Waals surface area contributed by atoms with Crippen molar-refractivity contribution in [3.8, 4) is 11.5 Å². The van der Waals surface area contributed by atoms with Gasteiger partial charge in [-0.1, -0.05) is 48.5 Å². The summed E-state index contributed by atoms with van der Waals surface area (Å²) in [6.07, 6.45) is -1.19. The van der Waals surface area contributed by atoms with E-state index in [0.29, 0.717) is 11.3 Å². The fourth-order valence-electron chi connectivity index (χ4n) is 2.92. The first-order valence-corrected chi connectivity index (χ1v) is 9.24. The van der Waals surface area contributed by atoms with Gasteiger partial charge in [0.1, 0.15) is 23.2 Å². The van der Waals surface area contributed by atoms with E-state index in [-0.39, 0.29) is 23.7 Å². The highest BCUT2D eigenvalue weighted by molar-refractivity contribution is 5.94. The summed E-state index contributed by atoms with van der Waals surface area (Å²) < 4.78 is 25.8. The van der Waals surface area contributed by atoms with Crippen molar-refractivity contribution in [3.05, 3.63) is 95.3 Å². The largest absolute Gasteiger partial charge is 0.457 e. The lowest BCUT2D eigenvalue weighted by Gasteiger charge is -2.19. The Hall–Kier alpha value is -3.71. The fourth-order valence-corrected chi connectivity index (χ4v) is 2.92. The molecule has 6 nitrogen and oxygen atoms in total. The van der Waals surface area contributed by atoms with Crippen molar-refractivity contribution in [3.63, 3.8) is 0 Å². The van der Waals surface area contributed by atoms with Gasteiger partial charge in [0.25, 0.3) is 5.91 Å². The number of hydrogen-bond donors (Lipinski definition) is 3. The van der Waals surface area contributed by atoms with Crippen LogP contribution in [0.15, 0.2) is 72.8 Å². The zero-order valence-electron chi connectivity index (χ0n) is 16.4. The minimum Gasteiger partial charge on any atom is -0.457 e. The molecule has 154 valence electrons. The third kappa shape index (κ3) is 5.01. The summed E-state index contributed by atoms with van der Waals surface area (Å²) in [7, 11) is 1.34. The molecule has 0 fully saturated rings. The van der Waals surface area contributed by atoms with Crippen LogP contribution >= 0.6 is 0 Å². The Morgan fingerprint density at radius 3 is 2.40 bits per heavy atom. The number of amidine groups is 1. The van der Waals surface area contributed by atoms with Crippen molar-refractivity contribution < 1.29 is 18.7 Å². The van der Waals surface area contributed by atoms with Crippen LogP contribution in [-0.4, -0.2) is 18.9 Å². The molecule has 0 spiro atoms. The molecule has 0 saturated heterocycles. The molecule has 0 aliphatic carbocycles. The Morgan fingerprint density at radius 2 is 1.77 bits per heavy atom. The minimum atomic E-state index is -1.19. The highest BCUT2D eigenvalue weighted by Gasteiger charge is 2.27. The summed E-state index contributed by atoms with van der Waals surface area (Å²) in [5, 5.41) is 10.2. The molecule has 3 rings (SSSR count). The number of carbonyl (C=O) groups excluding carboxylic acids is 1. The van der Waals surface area contributed by atoms with E-state index in [2.05, 4.69) is 5.32 Å². The molecule has 0 saturated carbocycles. The average molecular weight is 407 g/mol. The van der Waals surface area contributed by atoms with E-state index >= 15 is 0 Å². The van der Waals surface area contributed by atoms with E-state index in [9.17, 15) is 9.18 Å². The molecular formula is C23H22FN3O3. The smallest absolute Gasteiger partial charge is 0.254 e. The zero-order chi connectivity index (χ0) is 21.5. The topological polar surface area (TPSA) is 97.4 Å². The molecule has 7 heteroatoms. The van der Waals surface area contributed by atoms with Crippen LogP contribution in [-0.2, 0) is 16.1 Å². The molecule has 1 atom stereocenters. The van der Waals surface area contributed by atoms with Crippen LogP contribution in [0.4, 0.5) is 4.39 Å². The van der Waals surface area contributed by atoms with Gasteiger partial charge in [-0.15, -0.1) is 0 Å². The first kappa shape index (κ1) is 21.0. The second-order valence-corrected chi connectivity index (χ2v) is 6.51. The van der Waals surface area contributed by atoms with Gasteiger partial charge < -0.3 is 20.5 Å². The molecule has 3 aromatic carbocycles. The van der Waals surface area contributed by atoms with Gasteiger partial charge in [-0.25, -0.2) is 4.39 Å². The maximum Gasteiger partial charge on any atom is 0.254 e. The highest BCUT2D eigenvalue weighted by Crippen LogP contribution is 2.33. The summed E-state index contributed by atoms with van der Waals surface area (Å²) in [4.78, 5) is 12.8. The Labute approximate surface area is 173 Å². The van der Waals surface area contributed by atoms with E-state index in [1.165, 1.54) is 19.2 Å². The van der Waals surface area contributed by atoms with E-state index < -0.39 is 17.8 Å². The number of nitrogens with one attached hydrogen (secondary N) is 2. The Morgan fingerprint density at radius 1 is 1.07 bits per heavy atom. The molecule has 30 heavy (non-hydrogen) atoms. The van der Waals surface area contributed by atoms with E-state index in [1.807, 2.05) is 6.07 Å². The Kier molecular flexibility index (Phi) is 6.77. The van der Waals surface area contributed by atoms with Crippen molar-refractivity contribution >= 4 is 11.7 Å². The molecule has 0 aliphatic rings. The number of amides is 1. The monoisotopic (exact) mass is 407 g/mol. The van der Waals surface area contributed by atoms with Crippen LogP contribution in [0.1, 0.15) is 22.8 Å². The van der Waals surface area contributed by atoms with Crippen LogP contribution < -0.4 is 15.8 Å². The third-order valence-corrected chi connectivity index (χ3v) is 4.45. The second-order valence-electron chi connectivity index (χ2n) is 6.51. The van der Waals surface area contributed by atoms with E-state index in [4.69, 9.17) is 20.6 Å². The molecule has 0 aliphatic heterocycles. The molecule has 1 unspecified atom stereocenters. The van der Waals surface area contributed by atoms with Gasteiger partial charge in [0.15, 0.2) is 6.10 Å². The van der Waals surface area contributed by atoms with Crippen molar-refractivity contribution in [1.82, 2.24) is 5.32 Å². The van der Waals surface area contributed by atoms with Gasteiger partial charge in [-0.3, -0.25) is 10.2 Å². The molecular weight excluding hydrogens is 385 g/mol. The predicted molar refractivity (Wildman–Crippen MR) is 112 cm³/mol. The van der Waals surface area contributed by atoms with Crippen molar-refractivity contribution in [1.29, 1.82) is 5.41 Å². The minimum absolute atomic E-state index is 0.0216. The Bertz CT molecular complexity index is 1020. The van der Waals surface area contributed by atoms with E-state index in [0.717, 1.165) is 5.56 Å². The number of para-hydroxylation sites is 1. The van der Waals surface area contributed by atoms with Crippen molar-refractivity contribution in [2.24, 2.45) is 5.73 Å².